The fourth-order valence-electron chi connectivity index (χ4n) is 1.75. The maximum atomic E-state index is 10.1. The number of aromatic nitrogens is 1. The number of aliphatic hydroxyl groups is 1. The minimum Gasteiger partial charge on any atom is -0.399 e. The number of halogens is 1. The third-order valence-corrected chi connectivity index (χ3v) is 3.26. The van der Waals surface area contributed by atoms with Gasteiger partial charge in [0.25, 0.3) is 0 Å². The number of anilines is 2. The van der Waals surface area contributed by atoms with Crippen molar-refractivity contribution < 1.29 is 5.11 Å². The molecule has 4 N–H and O–H groups in total. The summed E-state index contributed by atoms with van der Waals surface area (Å²) >= 11 is 3.37. The Morgan fingerprint density at radius 3 is 2.68 bits per heavy atom. The molecule has 100 valence electrons. The smallest absolute Gasteiger partial charge is 0.129 e. The average molecular weight is 322 g/mol. The molecule has 1 atom stereocenters. The molecule has 1 aromatic heterocycles. The van der Waals surface area contributed by atoms with Crippen molar-refractivity contribution in [3.8, 4) is 0 Å². The van der Waals surface area contributed by atoms with Gasteiger partial charge in [0.15, 0.2) is 0 Å². The molecule has 1 unspecified atom stereocenters. The van der Waals surface area contributed by atoms with E-state index < -0.39 is 6.10 Å². The Balaban J connectivity index is 2.00. The van der Waals surface area contributed by atoms with Crippen LogP contribution in [0.15, 0.2) is 41.0 Å². The van der Waals surface area contributed by atoms with Crippen LogP contribution in [0.2, 0.25) is 0 Å². The molecule has 1 aromatic carbocycles. The summed E-state index contributed by atoms with van der Waals surface area (Å²) in [6, 6.07) is 9.18. The zero-order chi connectivity index (χ0) is 13.8. The van der Waals surface area contributed by atoms with Crippen LogP contribution in [0.4, 0.5) is 11.5 Å². The number of aryl methyl sites for hydroxylation is 1. The molecule has 2 rings (SSSR count). The number of nitrogens with zero attached hydrogens (tertiary/aromatic N) is 1. The molecule has 1 heterocycles. The molecule has 2 aromatic rings. The minimum absolute atomic E-state index is 0.402. The quantitative estimate of drug-likeness (QED) is 0.757. The third-order valence-electron chi connectivity index (χ3n) is 2.83. The van der Waals surface area contributed by atoms with Gasteiger partial charge in [-0.05, 0) is 52.2 Å². The van der Waals surface area contributed by atoms with E-state index in [1.165, 1.54) is 0 Å². The molecule has 0 saturated heterocycles. The molecule has 5 heteroatoms. The molecule has 0 amide bonds. The predicted molar refractivity (Wildman–Crippen MR) is 81.0 cm³/mol. The molecule has 0 saturated carbocycles. The number of hydrogen-bond donors (Lipinski definition) is 3. The molecular weight excluding hydrogens is 306 g/mol. The summed E-state index contributed by atoms with van der Waals surface area (Å²) in [6.45, 7) is 2.37. The lowest BCUT2D eigenvalue weighted by Crippen LogP contribution is -2.13. The third kappa shape index (κ3) is 3.68. The highest BCUT2D eigenvalue weighted by molar-refractivity contribution is 9.10. The predicted octanol–water partition coefficient (Wildman–Crippen LogP) is 2.88. The number of pyridine rings is 1. The van der Waals surface area contributed by atoms with Crippen molar-refractivity contribution in [2.45, 2.75) is 13.0 Å². The second kappa shape index (κ2) is 6.04. The Morgan fingerprint density at radius 2 is 2.05 bits per heavy atom. The Hall–Kier alpha value is -1.59. The van der Waals surface area contributed by atoms with Crippen molar-refractivity contribution in [2.24, 2.45) is 0 Å². The van der Waals surface area contributed by atoms with Gasteiger partial charge < -0.3 is 16.2 Å². The molecular formula is C14H16BrN3O. The van der Waals surface area contributed by atoms with Crippen molar-refractivity contribution in [2.75, 3.05) is 17.6 Å². The summed E-state index contributed by atoms with van der Waals surface area (Å²) in [4.78, 5) is 4.27. The maximum absolute atomic E-state index is 10.1. The van der Waals surface area contributed by atoms with E-state index in [1.54, 1.807) is 18.3 Å². The van der Waals surface area contributed by atoms with Gasteiger partial charge in [-0.25, -0.2) is 4.98 Å². The van der Waals surface area contributed by atoms with Gasteiger partial charge in [0, 0.05) is 22.9 Å². The summed E-state index contributed by atoms with van der Waals surface area (Å²) in [6.07, 6.45) is 1.13. The van der Waals surface area contributed by atoms with E-state index in [-0.39, 0.29) is 0 Å². The highest BCUT2D eigenvalue weighted by atomic mass is 79.9. The van der Waals surface area contributed by atoms with Crippen LogP contribution in [-0.2, 0) is 0 Å². The largest absolute Gasteiger partial charge is 0.399 e. The molecule has 0 aliphatic rings. The Morgan fingerprint density at radius 1 is 1.37 bits per heavy atom. The SMILES string of the molecule is Cc1cc(Br)cnc1NCC(O)c1ccc(N)cc1. The summed E-state index contributed by atoms with van der Waals surface area (Å²) < 4.78 is 0.939. The topological polar surface area (TPSA) is 71.2 Å². The van der Waals surface area contributed by atoms with E-state index >= 15 is 0 Å². The van der Waals surface area contributed by atoms with Crippen LogP contribution in [0, 0.1) is 6.92 Å². The van der Waals surface area contributed by atoms with Crippen LogP contribution < -0.4 is 11.1 Å². The van der Waals surface area contributed by atoms with E-state index in [2.05, 4.69) is 26.2 Å². The number of aliphatic hydroxyl groups excluding tert-OH is 1. The highest BCUT2D eigenvalue weighted by Gasteiger charge is 2.08. The van der Waals surface area contributed by atoms with Crippen LogP contribution in [0.5, 0.6) is 0 Å². The van der Waals surface area contributed by atoms with E-state index in [0.29, 0.717) is 12.2 Å². The number of rotatable bonds is 4. The fourth-order valence-corrected chi connectivity index (χ4v) is 2.20. The van der Waals surface area contributed by atoms with Gasteiger partial charge in [-0.3, -0.25) is 0 Å². The van der Waals surface area contributed by atoms with Crippen LogP contribution >= 0.6 is 15.9 Å². The van der Waals surface area contributed by atoms with Crippen LogP contribution in [0.25, 0.3) is 0 Å². The minimum atomic E-state index is -0.592. The lowest BCUT2D eigenvalue weighted by Gasteiger charge is -2.14. The van der Waals surface area contributed by atoms with Crippen molar-refractivity contribution in [3.63, 3.8) is 0 Å². The first kappa shape index (κ1) is 13.8. The second-order valence-electron chi connectivity index (χ2n) is 4.38. The molecule has 4 nitrogen and oxygen atoms in total. The van der Waals surface area contributed by atoms with Crippen molar-refractivity contribution in [1.82, 2.24) is 4.98 Å². The number of nitrogens with one attached hydrogen (secondary N) is 1. The summed E-state index contributed by atoms with van der Waals surface area (Å²) in [5.74, 6) is 0.776. The van der Waals surface area contributed by atoms with E-state index in [9.17, 15) is 5.11 Å². The summed E-state index contributed by atoms with van der Waals surface area (Å²) in [7, 11) is 0. The fraction of sp³-hybridized carbons (Fsp3) is 0.214. The lowest BCUT2D eigenvalue weighted by molar-refractivity contribution is 0.191. The van der Waals surface area contributed by atoms with Gasteiger partial charge in [0.2, 0.25) is 0 Å². The molecule has 0 spiro atoms. The summed E-state index contributed by atoms with van der Waals surface area (Å²) in [5.41, 5.74) is 8.16. The van der Waals surface area contributed by atoms with Gasteiger partial charge in [-0.1, -0.05) is 12.1 Å². The second-order valence-corrected chi connectivity index (χ2v) is 5.30. The number of hydrogen-bond acceptors (Lipinski definition) is 4. The zero-order valence-electron chi connectivity index (χ0n) is 10.6. The van der Waals surface area contributed by atoms with E-state index in [1.807, 2.05) is 25.1 Å². The standard InChI is InChI=1S/C14H16BrN3O/c1-9-6-11(15)7-17-14(9)18-8-13(19)10-2-4-12(16)5-3-10/h2-7,13,19H,8,16H2,1H3,(H,17,18). The maximum Gasteiger partial charge on any atom is 0.129 e. The number of nitrogen functional groups attached to an aromatic ring is 1. The van der Waals surface area contributed by atoms with Crippen LogP contribution in [0.1, 0.15) is 17.2 Å². The van der Waals surface area contributed by atoms with Crippen LogP contribution in [0.3, 0.4) is 0 Å². The first-order valence-electron chi connectivity index (χ1n) is 5.96. The molecule has 0 aliphatic carbocycles. The average Bonchev–Trinajstić information content (AvgIpc) is 2.38. The Kier molecular flexibility index (Phi) is 4.39. The zero-order valence-corrected chi connectivity index (χ0v) is 12.2. The van der Waals surface area contributed by atoms with Gasteiger partial charge >= 0.3 is 0 Å². The molecule has 19 heavy (non-hydrogen) atoms. The van der Waals surface area contributed by atoms with E-state index in [4.69, 9.17) is 5.73 Å². The van der Waals surface area contributed by atoms with Gasteiger partial charge in [-0.2, -0.15) is 0 Å². The van der Waals surface area contributed by atoms with Crippen molar-refractivity contribution >= 4 is 27.4 Å². The van der Waals surface area contributed by atoms with Gasteiger partial charge in [-0.15, -0.1) is 0 Å². The Labute approximate surface area is 120 Å². The first-order chi connectivity index (χ1) is 9.06. The highest BCUT2D eigenvalue weighted by Crippen LogP contribution is 2.19. The van der Waals surface area contributed by atoms with Crippen LogP contribution in [-0.4, -0.2) is 16.6 Å². The van der Waals surface area contributed by atoms with Crippen molar-refractivity contribution in [1.29, 1.82) is 0 Å². The molecule has 0 aliphatic heterocycles. The molecule has 0 bridgehead atoms. The molecule has 0 fully saturated rings. The van der Waals surface area contributed by atoms with Gasteiger partial charge in [0.05, 0.1) is 6.10 Å². The first-order valence-corrected chi connectivity index (χ1v) is 6.75. The van der Waals surface area contributed by atoms with E-state index in [0.717, 1.165) is 21.4 Å². The van der Waals surface area contributed by atoms with Crippen molar-refractivity contribution in [3.05, 3.63) is 52.1 Å². The Bertz CT molecular complexity index is 557. The van der Waals surface area contributed by atoms with Gasteiger partial charge in [0.1, 0.15) is 5.82 Å². The number of nitrogens with two attached hydrogens (primary N) is 1. The normalized spacial score (nSPS) is 12.2. The number of benzene rings is 1. The lowest BCUT2D eigenvalue weighted by atomic mass is 10.1. The molecule has 0 radical (unpaired) electrons. The monoisotopic (exact) mass is 321 g/mol. The summed E-state index contributed by atoms with van der Waals surface area (Å²) in [5, 5.41) is 13.2.